The zero-order chi connectivity index (χ0) is 16.1. The Hall–Kier alpha value is -2.10. The largest absolute Gasteiger partial charge is 0.354 e. The molecular formula is C18H24N2O2. The number of nitrogens with one attached hydrogen (secondary N) is 1. The summed E-state index contributed by atoms with van der Waals surface area (Å²) in [5.74, 6) is -0.0625. The van der Waals surface area contributed by atoms with E-state index in [1.807, 2.05) is 37.3 Å². The van der Waals surface area contributed by atoms with Crippen LogP contribution in [0.5, 0.6) is 0 Å². The zero-order valence-corrected chi connectivity index (χ0v) is 13.5. The molecule has 0 aliphatic carbocycles. The lowest BCUT2D eigenvalue weighted by Crippen LogP contribution is -2.38. The van der Waals surface area contributed by atoms with Gasteiger partial charge >= 0.3 is 0 Å². The van der Waals surface area contributed by atoms with Crippen LogP contribution in [0.3, 0.4) is 0 Å². The molecule has 0 bridgehead atoms. The van der Waals surface area contributed by atoms with Gasteiger partial charge in [0.05, 0.1) is 12.5 Å². The summed E-state index contributed by atoms with van der Waals surface area (Å²) >= 11 is 0. The van der Waals surface area contributed by atoms with Gasteiger partial charge in [0, 0.05) is 19.2 Å². The van der Waals surface area contributed by atoms with Crippen LogP contribution < -0.4 is 5.32 Å². The highest BCUT2D eigenvalue weighted by Gasteiger charge is 2.28. The van der Waals surface area contributed by atoms with Gasteiger partial charge in [-0.25, -0.2) is 0 Å². The highest BCUT2D eigenvalue weighted by Crippen LogP contribution is 2.32. The predicted octanol–water partition coefficient (Wildman–Crippen LogP) is 3.26. The molecule has 4 nitrogen and oxygen atoms in total. The Balaban J connectivity index is 2.16. The lowest BCUT2D eigenvalue weighted by atomic mass is 9.93. The first kappa shape index (κ1) is 16.3. The molecular weight excluding hydrogens is 276 g/mol. The van der Waals surface area contributed by atoms with Gasteiger partial charge in [0.2, 0.25) is 11.8 Å². The number of carbonyl (C=O) groups excluding carboxylic acids is 2. The number of hydrogen-bond acceptors (Lipinski definition) is 2. The molecule has 1 aliphatic rings. The molecule has 0 radical (unpaired) electrons. The normalized spacial score (nSPS) is 17.8. The fourth-order valence-electron chi connectivity index (χ4n) is 2.93. The Labute approximate surface area is 132 Å². The van der Waals surface area contributed by atoms with Crippen LogP contribution >= 0.6 is 0 Å². The van der Waals surface area contributed by atoms with E-state index in [9.17, 15) is 9.59 Å². The molecule has 0 spiro atoms. The third-order valence-corrected chi connectivity index (χ3v) is 3.98. The van der Waals surface area contributed by atoms with Crippen molar-refractivity contribution < 1.29 is 9.59 Å². The lowest BCUT2D eigenvalue weighted by molar-refractivity contribution is -0.130. The molecule has 2 atom stereocenters. The van der Waals surface area contributed by atoms with Crippen LogP contribution in [0.2, 0.25) is 0 Å². The molecule has 0 fully saturated rings. The second-order valence-electron chi connectivity index (χ2n) is 5.85. The Bertz CT molecular complexity index is 580. The third-order valence-electron chi connectivity index (χ3n) is 3.98. The van der Waals surface area contributed by atoms with Crippen molar-refractivity contribution in [3.05, 3.63) is 41.6 Å². The van der Waals surface area contributed by atoms with Crippen LogP contribution in [0.4, 0.5) is 0 Å². The smallest absolute Gasteiger partial charge is 0.223 e. The van der Waals surface area contributed by atoms with Gasteiger partial charge in [-0.15, -0.1) is 0 Å². The van der Waals surface area contributed by atoms with Crippen molar-refractivity contribution in [3.63, 3.8) is 0 Å². The highest BCUT2D eigenvalue weighted by atomic mass is 16.2. The average molecular weight is 300 g/mol. The van der Waals surface area contributed by atoms with Crippen molar-refractivity contribution in [2.75, 3.05) is 0 Å². The van der Waals surface area contributed by atoms with Crippen LogP contribution in [0.1, 0.15) is 57.2 Å². The molecule has 1 aromatic rings. The van der Waals surface area contributed by atoms with Gasteiger partial charge in [-0.2, -0.15) is 0 Å². The first-order valence-corrected chi connectivity index (χ1v) is 7.88. The summed E-state index contributed by atoms with van der Waals surface area (Å²) < 4.78 is 0. The second kappa shape index (κ2) is 7.25. The number of benzene rings is 1. The minimum atomic E-state index is -0.229. The molecule has 118 valence electrons. The number of nitrogens with zero attached hydrogens (tertiary/aromatic N) is 1. The van der Waals surface area contributed by atoms with E-state index in [-0.39, 0.29) is 30.3 Å². The van der Waals surface area contributed by atoms with E-state index in [1.54, 1.807) is 11.1 Å². The quantitative estimate of drug-likeness (QED) is 0.907. The fourth-order valence-corrected chi connectivity index (χ4v) is 2.93. The minimum absolute atomic E-state index is 0.0118. The third kappa shape index (κ3) is 3.75. The number of carbonyl (C=O) groups is 2. The van der Waals surface area contributed by atoms with Crippen LogP contribution in [0.25, 0.3) is 6.08 Å². The summed E-state index contributed by atoms with van der Waals surface area (Å²) in [5.41, 5.74) is 2.10. The van der Waals surface area contributed by atoms with E-state index in [0.717, 1.165) is 24.0 Å². The van der Waals surface area contributed by atoms with Gasteiger partial charge in [-0.05, 0) is 30.5 Å². The molecule has 0 aromatic heterocycles. The van der Waals surface area contributed by atoms with Crippen LogP contribution in [-0.2, 0) is 9.59 Å². The van der Waals surface area contributed by atoms with Crippen molar-refractivity contribution in [2.45, 2.75) is 52.1 Å². The average Bonchev–Trinajstić information content (AvgIpc) is 2.47. The molecule has 1 N–H and O–H groups in total. The van der Waals surface area contributed by atoms with E-state index in [2.05, 4.69) is 12.2 Å². The Morgan fingerprint density at radius 2 is 2.05 bits per heavy atom. The number of hydrogen-bond donors (Lipinski definition) is 1. The topological polar surface area (TPSA) is 49.4 Å². The summed E-state index contributed by atoms with van der Waals surface area (Å²) in [6.45, 7) is 5.64. The van der Waals surface area contributed by atoms with Gasteiger partial charge in [0.25, 0.3) is 0 Å². The van der Waals surface area contributed by atoms with Crippen molar-refractivity contribution in [1.82, 2.24) is 10.2 Å². The molecule has 1 heterocycles. The van der Waals surface area contributed by atoms with E-state index < -0.39 is 0 Å². The summed E-state index contributed by atoms with van der Waals surface area (Å²) in [5, 5.41) is 3.02. The maximum Gasteiger partial charge on any atom is 0.223 e. The summed E-state index contributed by atoms with van der Waals surface area (Å²) in [7, 11) is 0. The number of fused-ring (bicyclic) bond motifs is 1. The molecule has 2 amide bonds. The van der Waals surface area contributed by atoms with Gasteiger partial charge in [0.1, 0.15) is 0 Å². The SMILES string of the molecule is CCCC(C)NC(=O)CC1c2ccccc2C=CN1C(C)=O. The zero-order valence-electron chi connectivity index (χ0n) is 13.5. The number of rotatable bonds is 5. The molecule has 1 aliphatic heterocycles. The van der Waals surface area contributed by atoms with Crippen LogP contribution in [0, 0.1) is 0 Å². The first-order chi connectivity index (χ1) is 10.5. The number of amides is 2. The van der Waals surface area contributed by atoms with E-state index >= 15 is 0 Å². The van der Waals surface area contributed by atoms with Crippen LogP contribution in [0.15, 0.2) is 30.5 Å². The molecule has 1 aromatic carbocycles. The predicted molar refractivity (Wildman–Crippen MR) is 87.9 cm³/mol. The second-order valence-corrected chi connectivity index (χ2v) is 5.85. The molecule has 0 saturated carbocycles. The summed E-state index contributed by atoms with van der Waals surface area (Å²) in [6, 6.07) is 7.84. The fraction of sp³-hybridized carbons (Fsp3) is 0.444. The van der Waals surface area contributed by atoms with Crippen molar-refractivity contribution >= 4 is 17.9 Å². The van der Waals surface area contributed by atoms with Crippen LogP contribution in [-0.4, -0.2) is 22.8 Å². The maximum absolute atomic E-state index is 12.3. The van der Waals surface area contributed by atoms with Crippen molar-refractivity contribution in [1.29, 1.82) is 0 Å². The van der Waals surface area contributed by atoms with Crippen molar-refractivity contribution in [2.24, 2.45) is 0 Å². The Morgan fingerprint density at radius 1 is 1.32 bits per heavy atom. The van der Waals surface area contributed by atoms with Gasteiger partial charge in [-0.1, -0.05) is 37.6 Å². The van der Waals surface area contributed by atoms with Gasteiger partial charge in [0.15, 0.2) is 0 Å². The van der Waals surface area contributed by atoms with E-state index in [0.29, 0.717) is 0 Å². The molecule has 0 saturated heterocycles. The molecule has 22 heavy (non-hydrogen) atoms. The summed E-state index contributed by atoms with van der Waals surface area (Å²) in [4.78, 5) is 25.8. The van der Waals surface area contributed by atoms with Crippen molar-refractivity contribution in [3.8, 4) is 0 Å². The van der Waals surface area contributed by atoms with Gasteiger partial charge in [-0.3, -0.25) is 9.59 Å². The Kier molecular flexibility index (Phi) is 5.36. The summed E-state index contributed by atoms with van der Waals surface area (Å²) in [6.07, 6.45) is 5.98. The lowest BCUT2D eigenvalue weighted by Gasteiger charge is -2.32. The monoisotopic (exact) mass is 300 g/mol. The highest BCUT2D eigenvalue weighted by molar-refractivity contribution is 5.81. The maximum atomic E-state index is 12.3. The minimum Gasteiger partial charge on any atom is -0.354 e. The standard InChI is InChI=1S/C18H24N2O2/c1-4-7-13(2)19-18(22)12-17-16-9-6-5-8-15(16)10-11-20(17)14(3)21/h5-6,8-11,13,17H,4,7,12H2,1-3H3,(H,19,22). The molecule has 4 heteroatoms. The molecule has 2 rings (SSSR count). The first-order valence-electron chi connectivity index (χ1n) is 7.88. The molecule has 2 unspecified atom stereocenters. The van der Waals surface area contributed by atoms with E-state index in [1.165, 1.54) is 6.92 Å². The van der Waals surface area contributed by atoms with Gasteiger partial charge < -0.3 is 10.2 Å². The Morgan fingerprint density at radius 3 is 2.73 bits per heavy atom. The van der Waals surface area contributed by atoms with E-state index in [4.69, 9.17) is 0 Å².